The molecule has 1 heterocycles. The Bertz CT molecular complexity index is 326. The van der Waals surface area contributed by atoms with E-state index in [-0.39, 0.29) is 17.3 Å². The average Bonchev–Trinajstić information content (AvgIpc) is 2.05. The third-order valence-electron chi connectivity index (χ3n) is 2.49. The first kappa shape index (κ1) is 13.7. The molecule has 0 aromatic heterocycles. The van der Waals surface area contributed by atoms with Crippen LogP contribution in [0.1, 0.15) is 20.8 Å². The molecule has 0 fully saturated rings. The van der Waals surface area contributed by atoms with Crippen LogP contribution in [0.15, 0.2) is 23.0 Å². The van der Waals surface area contributed by atoms with E-state index in [1.165, 1.54) is 12.2 Å². The average molecular weight is 268 g/mol. The quantitative estimate of drug-likeness (QED) is 0.265. The molecule has 0 unspecified atom stereocenters. The summed E-state index contributed by atoms with van der Waals surface area (Å²) in [6.45, 7) is 4.74. The van der Waals surface area contributed by atoms with Crippen molar-refractivity contribution in [1.82, 2.24) is 0 Å². The fourth-order valence-corrected chi connectivity index (χ4v) is 6.43. The molecule has 0 aliphatic carbocycles. The van der Waals surface area contributed by atoms with Gasteiger partial charge in [-0.2, -0.15) is 0 Å². The lowest BCUT2D eigenvalue weighted by Gasteiger charge is -2.29. The second-order valence-corrected chi connectivity index (χ2v) is 9.73. The molecular formula is C10H16F4Si2. The Labute approximate surface area is 95.8 Å². The molecule has 0 nitrogen and oxygen atoms in total. The number of hydrogen-bond acceptors (Lipinski definition) is 0. The maximum atomic E-state index is 13.9. The van der Waals surface area contributed by atoms with Gasteiger partial charge in [0.2, 0.25) is 0 Å². The normalized spacial score (nSPS) is 24.6. The molecule has 0 radical (unpaired) electrons. The van der Waals surface area contributed by atoms with E-state index in [1.54, 1.807) is 20.8 Å². The van der Waals surface area contributed by atoms with Crippen molar-refractivity contribution >= 4 is 17.5 Å². The topological polar surface area (TPSA) is 0 Å². The summed E-state index contributed by atoms with van der Waals surface area (Å²) < 4.78 is 54.7. The Balaban J connectivity index is 3.23. The number of halogens is 4. The fourth-order valence-electron chi connectivity index (χ4n) is 1.72. The Morgan fingerprint density at radius 3 is 2.00 bits per heavy atom. The minimum atomic E-state index is -4.70. The van der Waals surface area contributed by atoms with Crippen molar-refractivity contribution in [2.24, 2.45) is 5.41 Å². The Morgan fingerprint density at radius 1 is 1.00 bits per heavy atom. The van der Waals surface area contributed by atoms with Gasteiger partial charge in [-0.1, -0.05) is 32.9 Å². The molecule has 1 rings (SSSR count). The Kier molecular flexibility index (Phi) is 3.54. The van der Waals surface area contributed by atoms with Gasteiger partial charge in [0.15, 0.2) is 0 Å². The van der Waals surface area contributed by atoms with Gasteiger partial charge in [-0.25, -0.2) is 0 Å². The highest BCUT2D eigenvalue weighted by Crippen LogP contribution is 2.40. The Morgan fingerprint density at radius 2 is 1.50 bits per heavy atom. The molecule has 0 aromatic carbocycles. The van der Waals surface area contributed by atoms with Crippen molar-refractivity contribution in [1.29, 1.82) is 0 Å². The van der Waals surface area contributed by atoms with Gasteiger partial charge in [-0.15, -0.1) is 0 Å². The van der Waals surface area contributed by atoms with E-state index in [1.807, 2.05) is 0 Å². The first-order valence-corrected chi connectivity index (χ1v) is 9.19. The molecule has 1 aliphatic rings. The van der Waals surface area contributed by atoms with E-state index in [9.17, 15) is 16.4 Å². The van der Waals surface area contributed by atoms with Crippen LogP contribution < -0.4 is 0 Å². The van der Waals surface area contributed by atoms with Crippen LogP contribution in [0.5, 0.6) is 0 Å². The van der Waals surface area contributed by atoms with E-state index >= 15 is 0 Å². The van der Waals surface area contributed by atoms with Gasteiger partial charge >= 0.3 is 17.5 Å². The second kappa shape index (κ2) is 4.14. The van der Waals surface area contributed by atoms with Crippen LogP contribution >= 0.6 is 0 Å². The maximum absolute atomic E-state index is 13.9. The van der Waals surface area contributed by atoms with Crippen molar-refractivity contribution in [3.8, 4) is 0 Å². The molecule has 16 heavy (non-hydrogen) atoms. The number of hydrogen-bond donors (Lipinski definition) is 0. The van der Waals surface area contributed by atoms with Gasteiger partial charge in [-0.3, -0.25) is 16.4 Å². The summed E-state index contributed by atoms with van der Waals surface area (Å²) in [5.74, 6) is 0. The first-order chi connectivity index (χ1) is 7.05. The molecular weight excluding hydrogens is 252 g/mol. The van der Waals surface area contributed by atoms with Gasteiger partial charge in [0.25, 0.3) is 0 Å². The van der Waals surface area contributed by atoms with Gasteiger partial charge in [0.05, 0.1) is 0 Å². The van der Waals surface area contributed by atoms with Crippen molar-refractivity contribution in [2.75, 3.05) is 0 Å². The summed E-state index contributed by atoms with van der Waals surface area (Å²) in [7, 11) is -9.33. The molecule has 0 bridgehead atoms. The summed E-state index contributed by atoms with van der Waals surface area (Å²) in [5, 5.41) is -0.277. The minimum absolute atomic E-state index is 0.277. The Hall–Kier alpha value is -0.366. The summed E-state index contributed by atoms with van der Waals surface area (Å²) in [4.78, 5) is 0. The van der Waals surface area contributed by atoms with E-state index in [0.29, 0.717) is 5.70 Å². The van der Waals surface area contributed by atoms with Crippen molar-refractivity contribution < 1.29 is 16.4 Å². The van der Waals surface area contributed by atoms with Crippen LogP contribution in [0.2, 0.25) is 12.1 Å². The zero-order chi connectivity index (χ0) is 12.6. The molecule has 0 spiro atoms. The lowest BCUT2D eigenvalue weighted by molar-refractivity contribution is 0.485. The summed E-state index contributed by atoms with van der Waals surface area (Å²) in [5.41, 5.74) is -0.222. The van der Waals surface area contributed by atoms with Crippen molar-refractivity contribution in [3.05, 3.63) is 23.0 Å². The highest BCUT2D eigenvalue weighted by atomic mass is 28.4. The molecule has 6 heteroatoms. The first-order valence-electron chi connectivity index (χ1n) is 5.19. The highest BCUT2D eigenvalue weighted by Gasteiger charge is 2.48. The molecule has 0 saturated carbocycles. The molecule has 0 amide bonds. The van der Waals surface area contributed by atoms with Crippen LogP contribution in [-0.2, 0) is 0 Å². The van der Waals surface area contributed by atoms with Gasteiger partial charge in [-0.05, 0) is 16.3 Å². The zero-order valence-electron chi connectivity index (χ0n) is 9.66. The molecule has 92 valence electrons. The second-order valence-electron chi connectivity index (χ2n) is 5.15. The fraction of sp³-hybridized carbons (Fsp3) is 0.600. The largest absolute Gasteiger partial charge is 0.455 e. The van der Waals surface area contributed by atoms with E-state index in [2.05, 4.69) is 0 Å². The van der Waals surface area contributed by atoms with E-state index < -0.39 is 22.9 Å². The SMILES string of the molecule is CC(C)(C)C1=C[Si](F)(F)CC=CC[Si]1(F)F. The van der Waals surface area contributed by atoms with Gasteiger partial charge < -0.3 is 0 Å². The van der Waals surface area contributed by atoms with Crippen LogP contribution in [0.4, 0.5) is 16.4 Å². The predicted molar refractivity (Wildman–Crippen MR) is 62.2 cm³/mol. The maximum Gasteiger partial charge on any atom is 0.455 e. The van der Waals surface area contributed by atoms with Crippen LogP contribution in [0, 0.1) is 5.41 Å². The van der Waals surface area contributed by atoms with Crippen LogP contribution in [-0.4, -0.2) is 17.5 Å². The molecule has 0 N–H and O–H groups in total. The standard InChI is InChI=1S/C10H16F4Si2/c1-10(2,3)9-8-15(11,12)6-4-5-7-16(9,13)14/h4-5,8H,6-7H2,1-3H3. The third kappa shape index (κ3) is 3.31. The molecule has 0 atom stereocenters. The zero-order valence-corrected chi connectivity index (χ0v) is 11.7. The molecule has 1 aliphatic heterocycles. The summed E-state index contributed by atoms with van der Waals surface area (Å²) >= 11 is 0. The molecule has 0 saturated heterocycles. The number of allylic oxidation sites excluding steroid dienone is 3. The van der Waals surface area contributed by atoms with Crippen molar-refractivity contribution in [3.63, 3.8) is 0 Å². The highest BCUT2D eigenvalue weighted by molar-refractivity contribution is 6.79. The third-order valence-corrected chi connectivity index (χ3v) is 6.70. The minimum Gasteiger partial charge on any atom is -0.265 e. The van der Waals surface area contributed by atoms with Crippen LogP contribution in [0.25, 0.3) is 0 Å². The lowest BCUT2D eigenvalue weighted by atomic mass is 9.97. The monoisotopic (exact) mass is 268 g/mol. The van der Waals surface area contributed by atoms with Crippen molar-refractivity contribution in [2.45, 2.75) is 32.9 Å². The lowest BCUT2D eigenvalue weighted by Crippen LogP contribution is -2.37. The summed E-state index contributed by atoms with van der Waals surface area (Å²) in [6, 6.07) is -0.697. The number of rotatable bonds is 0. The van der Waals surface area contributed by atoms with Gasteiger partial charge in [0, 0.05) is 12.1 Å². The smallest absolute Gasteiger partial charge is 0.265 e. The molecule has 0 aromatic rings. The summed E-state index contributed by atoms with van der Waals surface area (Å²) in [6.07, 6.45) is 2.44. The van der Waals surface area contributed by atoms with Gasteiger partial charge in [0.1, 0.15) is 0 Å². The van der Waals surface area contributed by atoms with Crippen LogP contribution in [0.3, 0.4) is 0 Å². The predicted octanol–water partition coefficient (Wildman–Crippen LogP) is 4.37. The van der Waals surface area contributed by atoms with E-state index in [0.717, 1.165) is 0 Å². The van der Waals surface area contributed by atoms with E-state index in [4.69, 9.17) is 0 Å².